The first-order valence-electron chi connectivity index (χ1n) is 8.56. The van der Waals surface area contributed by atoms with Crippen molar-refractivity contribution < 1.29 is 4.79 Å². The van der Waals surface area contributed by atoms with Gasteiger partial charge < -0.3 is 11.1 Å². The third kappa shape index (κ3) is 3.92. The predicted molar refractivity (Wildman–Crippen MR) is 103 cm³/mol. The van der Waals surface area contributed by atoms with Crippen LogP contribution in [-0.2, 0) is 13.0 Å². The van der Waals surface area contributed by atoms with Crippen LogP contribution in [0.4, 0.5) is 5.69 Å². The molecule has 7 heteroatoms. The Morgan fingerprint density at radius 2 is 1.81 bits per heavy atom. The van der Waals surface area contributed by atoms with Crippen LogP contribution in [0.3, 0.4) is 0 Å². The fraction of sp³-hybridized carbons (Fsp3) is 0.100. The number of pyridine rings is 1. The molecule has 1 amide bonds. The first-order valence-corrected chi connectivity index (χ1v) is 8.56. The number of H-pyrrole nitrogens is 1. The number of hydrogen-bond donors (Lipinski definition) is 3. The first kappa shape index (κ1) is 16.7. The van der Waals surface area contributed by atoms with E-state index >= 15 is 0 Å². The number of aromatic amines is 1. The van der Waals surface area contributed by atoms with Crippen LogP contribution in [-0.4, -0.2) is 26.1 Å². The van der Waals surface area contributed by atoms with E-state index in [-0.39, 0.29) is 12.5 Å². The third-order valence-electron chi connectivity index (χ3n) is 4.16. The lowest BCUT2D eigenvalue weighted by atomic mass is 10.2. The summed E-state index contributed by atoms with van der Waals surface area (Å²) >= 11 is 0. The van der Waals surface area contributed by atoms with E-state index < -0.39 is 0 Å². The Balaban J connectivity index is 1.39. The maximum Gasteiger partial charge on any atom is 0.251 e. The quantitative estimate of drug-likeness (QED) is 0.475. The minimum absolute atomic E-state index is 0.191. The number of nitrogens with two attached hydrogens (primary N) is 1. The number of nitrogens with one attached hydrogen (secondary N) is 2. The molecule has 7 nitrogen and oxygen atoms in total. The molecule has 2 aromatic carbocycles. The first-order chi connectivity index (χ1) is 13.2. The molecule has 27 heavy (non-hydrogen) atoms. The van der Waals surface area contributed by atoms with Gasteiger partial charge in [0.05, 0.1) is 18.5 Å². The molecule has 0 aliphatic rings. The average Bonchev–Trinajstić information content (AvgIpc) is 3.14. The summed E-state index contributed by atoms with van der Waals surface area (Å²) in [6, 6.07) is 18.7. The molecule has 4 rings (SSSR count). The second kappa shape index (κ2) is 7.25. The number of nitrogens with zero attached hydrogens (tertiary/aromatic N) is 3. The molecular formula is C20H18N6O. The molecule has 0 fully saturated rings. The summed E-state index contributed by atoms with van der Waals surface area (Å²) in [5, 5.41) is 11.0. The number of para-hydroxylation sites is 1. The fourth-order valence-electron chi connectivity index (χ4n) is 2.76. The van der Waals surface area contributed by atoms with E-state index in [0.29, 0.717) is 29.3 Å². The SMILES string of the molecule is Nc1ccc(C(=O)NCc2nc(Cc3ccc4ccccc4n3)n[nH]2)cc1. The van der Waals surface area contributed by atoms with E-state index in [1.807, 2.05) is 36.4 Å². The van der Waals surface area contributed by atoms with E-state index in [9.17, 15) is 4.79 Å². The molecule has 0 saturated heterocycles. The number of nitrogen functional groups attached to an aromatic ring is 1. The van der Waals surface area contributed by atoms with Crippen LogP contribution in [0, 0.1) is 0 Å². The van der Waals surface area contributed by atoms with E-state index in [1.165, 1.54) is 0 Å². The van der Waals surface area contributed by atoms with Gasteiger partial charge in [0, 0.05) is 22.3 Å². The lowest BCUT2D eigenvalue weighted by molar-refractivity contribution is 0.0950. The monoisotopic (exact) mass is 358 g/mol. The summed E-state index contributed by atoms with van der Waals surface area (Å²) < 4.78 is 0. The molecule has 134 valence electrons. The summed E-state index contributed by atoms with van der Waals surface area (Å²) in [6.45, 7) is 0.265. The van der Waals surface area contributed by atoms with Crippen molar-refractivity contribution in [1.29, 1.82) is 0 Å². The summed E-state index contributed by atoms with van der Waals surface area (Å²) in [5.41, 5.74) is 8.63. The molecule has 0 radical (unpaired) electrons. The zero-order valence-corrected chi connectivity index (χ0v) is 14.5. The van der Waals surface area contributed by atoms with Gasteiger partial charge in [-0.05, 0) is 36.4 Å². The van der Waals surface area contributed by atoms with Crippen LogP contribution in [0.15, 0.2) is 60.7 Å². The van der Waals surface area contributed by atoms with Crippen molar-refractivity contribution in [3.63, 3.8) is 0 Å². The van der Waals surface area contributed by atoms with Crippen LogP contribution < -0.4 is 11.1 Å². The standard InChI is InChI=1S/C20H18N6O/c21-15-8-5-14(6-9-15)20(27)22-12-19-24-18(25-26-19)11-16-10-7-13-3-1-2-4-17(13)23-16/h1-10H,11-12,21H2,(H,22,27)(H,24,25,26). The van der Waals surface area contributed by atoms with Crippen LogP contribution in [0.2, 0.25) is 0 Å². The smallest absolute Gasteiger partial charge is 0.251 e. The maximum absolute atomic E-state index is 12.1. The molecule has 0 atom stereocenters. The lowest BCUT2D eigenvalue weighted by Crippen LogP contribution is -2.23. The number of carbonyl (C=O) groups excluding carboxylic acids is 1. The minimum atomic E-state index is -0.191. The molecule has 0 aliphatic carbocycles. The summed E-state index contributed by atoms with van der Waals surface area (Å²) in [4.78, 5) is 21.2. The van der Waals surface area contributed by atoms with Crippen molar-refractivity contribution in [1.82, 2.24) is 25.5 Å². The van der Waals surface area contributed by atoms with Gasteiger partial charge in [0.25, 0.3) is 5.91 Å². The largest absolute Gasteiger partial charge is 0.399 e. The zero-order chi connectivity index (χ0) is 18.6. The maximum atomic E-state index is 12.1. The normalized spacial score (nSPS) is 10.8. The van der Waals surface area contributed by atoms with Crippen molar-refractivity contribution in [2.24, 2.45) is 0 Å². The van der Waals surface area contributed by atoms with Gasteiger partial charge in [-0.25, -0.2) is 4.98 Å². The van der Waals surface area contributed by atoms with Crippen LogP contribution in [0.1, 0.15) is 27.7 Å². The summed E-state index contributed by atoms with van der Waals surface area (Å²) in [7, 11) is 0. The molecule has 0 spiro atoms. The molecule has 0 saturated carbocycles. The molecular weight excluding hydrogens is 340 g/mol. The molecule has 0 aliphatic heterocycles. The van der Waals surface area contributed by atoms with E-state index in [2.05, 4.69) is 25.5 Å². The van der Waals surface area contributed by atoms with Gasteiger partial charge in [-0.15, -0.1) is 0 Å². The number of fused-ring (bicyclic) bond motifs is 1. The number of benzene rings is 2. The number of amides is 1. The average molecular weight is 358 g/mol. The molecule has 2 heterocycles. The Morgan fingerprint density at radius 1 is 1.00 bits per heavy atom. The van der Waals surface area contributed by atoms with Crippen molar-refractivity contribution in [3.8, 4) is 0 Å². The number of anilines is 1. The Morgan fingerprint density at radius 3 is 2.67 bits per heavy atom. The number of aromatic nitrogens is 4. The third-order valence-corrected chi connectivity index (χ3v) is 4.16. The van der Waals surface area contributed by atoms with E-state index in [0.717, 1.165) is 16.6 Å². The highest BCUT2D eigenvalue weighted by molar-refractivity contribution is 5.94. The minimum Gasteiger partial charge on any atom is -0.399 e. The van der Waals surface area contributed by atoms with Gasteiger partial charge in [0.1, 0.15) is 5.82 Å². The fourth-order valence-corrected chi connectivity index (χ4v) is 2.76. The number of hydrogen-bond acceptors (Lipinski definition) is 5. The summed E-state index contributed by atoms with van der Waals surface area (Å²) in [5.74, 6) is 1.04. The van der Waals surface area contributed by atoms with Crippen molar-refractivity contribution in [3.05, 3.63) is 83.6 Å². The van der Waals surface area contributed by atoms with Gasteiger partial charge in [-0.1, -0.05) is 24.3 Å². The van der Waals surface area contributed by atoms with Crippen molar-refractivity contribution >= 4 is 22.5 Å². The Kier molecular flexibility index (Phi) is 4.49. The van der Waals surface area contributed by atoms with Gasteiger partial charge >= 0.3 is 0 Å². The summed E-state index contributed by atoms with van der Waals surface area (Å²) in [6.07, 6.45) is 0.521. The second-order valence-corrected chi connectivity index (χ2v) is 6.18. The second-order valence-electron chi connectivity index (χ2n) is 6.18. The Labute approximate surface area is 155 Å². The zero-order valence-electron chi connectivity index (χ0n) is 14.5. The topological polar surface area (TPSA) is 110 Å². The van der Waals surface area contributed by atoms with Gasteiger partial charge in [0.2, 0.25) is 0 Å². The number of rotatable bonds is 5. The highest BCUT2D eigenvalue weighted by atomic mass is 16.1. The highest BCUT2D eigenvalue weighted by Crippen LogP contribution is 2.13. The molecule has 0 unspecified atom stereocenters. The van der Waals surface area contributed by atoms with Gasteiger partial charge in [0.15, 0.2) is 5.82 Å². The van der Waals surface area contributed by atoms with Crippen LogP contribution >= 0.6 is 0 Å². The van der Waals surface area contributed by atoms with Gasteiger partial charge in [-0.2, -0.15) is 5.10 Å². The molecule has 4 aromatic rings. The van der Waals surface area contributed by atoms with Crippen molar-refractivity contribution in [2.75, 3.05) is 5.73 Å². The number of carbonyl (C=O) groups is 1. The van der Waals surface area contributed by atoms with E-state index in [1.54, 1.807) is 24.3 Å². The predicted octanol–water partition coefficient (Wildman–Crippen LogP) is 2.46. The lowest BCUT2D eigenvalue weighted by Gasteiger charge is -2.03. The molecule has 2 aromatic heterocycles. The van der Waals surface area contributed by atoms with E-state index in [4.69, 9.17) is 5.73 Å². The van der Waals surface area contributed by atoms with Gasteiger partial charge in [-0.3, -0.25) is 14.9 Å². The highest BCUT2D eigenvalue weighted by Gasteiger charge is 2.09. The van der Waals surface area contributed by atoms with Crippen molar-refractivity contribution in [2.45, 2.75) is 13.0 Å². The Hall–Kier alpha value is -3.74. The molecule has 0 bridgehead atoms. The van der Waals surface area contributed by atoms with Crippen LogP contribution in [0.5, 0.6) is 0 Å². The Bertz CT molecular complexity index is 1090. The van der Waals surface area contributed by atoms with Crippen LogP contribution in [0.25, 0.3) is 10.9 Å². The molecule has 4 N–H and O–H groups in total.